The molecule has 1 amide bonds. The van der Waals surface area contributed by atoms with Crippen molar-refractivity contribution in [3.05, 3.63) is 0 Å². The molecule has 1 aliphatic heterocycles. The van der Waals surface area contributed by atoms with Crippen LogP contribution in [0.2, 0.25) is 0 Å². The minimum atomic E-state index is -0.485. The van der Waals surface area contributed by atoms with Gasteiger partial charge in [0.05, 0.1) is 6.61 Å². The molecule has 1 aliphatic rings. The number of hydrogen-bond acceptors (Lipinski definition) is 5. The van der Waals surface area contributed by atoms with Crippen molar-refractivity contribution in [2.24, 2.45) is 0 Å². The molecular weight excluding hydrogens is 272 g/mol. The monoisotopic (exact) mass is 300 g/mol. The fourth-order valence-corrected chi connectivity index (χ4v) is 2.25. The van der Waals surface area contributed by atoms with Gasteiger partial charge in [-0.15, -0.1) is 0 Å². The molecule has 6 heteroatoms. The summed E-state index contributed by atoms with van der Waals surface area (Å²) in [6, 6.07) is -0.275. The first kappa shape index (κ1) is 17.8. The quantitative estimate of drug-likeness (QED) is 0.745. The molecule has 6 nitrogen and oxygen atoms in total. The van der Waals surface area contributed by atoms with E-state index in [2.05, 4.69) is 4.90 Å². The van der Waals surface area contributed by atoms with Crippen LogP contribution in [-0.2, 0) is 14.3 Å². The summed E-state index contributed by atoms with van der Waals surface area (Å²) >= 11 is 0. The third-order valence-electron chi connectivity index (χ3n) is 3.36. The predicted molar refractivity (Wildman–Crippen MR) is 80.1 cm³/mol. The molecular formula is C15H28N2O4. The van der Waals surface area contributed by atoms with E-state index in [1.807, 2.05) is 27.7 Å². The van der Waals surface area contributed by atoms with Crippen LogP contribution in [0.1, 0.15) is 41.0 Å². The topological polar surface area (TPSA) is 59.1 Å². The number of hydrogen-bond donors (Lipinski definition) is 0. The summed E-state index contributed by atoms with van der Waals surface area (Å²) in [4.78, 5) is 27.6. The highest BCUT2D eigenvalue weighted by Gasteiger charge is 2.28. The molecule has 0 aliphatic carbocycles. The average molecular weight is 300 g/mol. The van der Waals surface area contributed by atoms with Gasteiger partial charge < -0.3 is 14.4 Å². The Labute approximate surface area is 127 Å². The van der Waals surface area contributed by atoms with Crippen LogP contribution in [0.4, 0.5) is 4.79 Å². The Balaban J connectivity index is 2.54. The summed E-state index contributed by atoms with van der Waals surface area (Å²) in [5, 5.41) is 0. The highest BCUT2D eigenvalue weighted by atomic mass is 16.6. The first-order valence-electron chi connectivity index (χ1n) is 7.63. The summed E-state index contributed by atoms with van der Waals surface area (Å²) < 4.78 is 10.4. The highest BCUT2D eigenvalue weighted by Crippen LogP contribution is 2.13. The molecule has 0 aromatic heterocycles. The molecule has 1 saturated heterocycles. The summed E-state index contributed by atoms with van der Waals surface area (Å²) in [6.45, 7) is 12.3. The van der Waals surface area contributed by atoms with E-state index in [1.165, 1.54) is 0 Å². The number of carbonyl (C=O) groups excluding carboxylic acids is 2. The molecule has 0 aromatic carbocycles. The number of esters is 1. The Morgan fingerprint density at radius 2 is 1.81 bits per heavy atom. The van der Waals surface area contributed by atoms with Crippen molar-refractivity contribution < 1.29 is 19.1 Å². The normalized spacial score (nSPS) is 18.8. The maximum atomic E-state index is 12.1. The standard InChI is InChI=1S/C15H28N2O4/c1-6-20-13(18)12(2)16-8-7-9-17(11-10-16)14(19)21-15(3,4)5/h12H,6-11H2,1-5H3/t12-/m0/s1. The van der Waals surface area contributed by atoms with Crippen molar-refractivity contribution in [3.8, 4) is 0 Å². The second kappa shape index (κ2) is 7.64. The van der Waals surface area contributed by atoms with Crippen molar-refractivity contribution in [1.29, 1.82) is 0 Å². The van der Waals surface area contributed by atoms with Crippen LogP contribution in [0.25, 0.3) is 0 Å². The van der Waals surface area contributed by atoms with Crippen molar-refractivity contribution in [2.45, 2.75) is 52.7 Å². The molecule has 0 unspecified atom stereocenters. The maximum Gasteiger partial charge on any atom is 0.410 e. The Hall–Kier alpha value is -1.30. The second-order valence-corrected chi connectivity index (χ2v) is 6.28. The van der Waals surface area contributed by atoms with Crippen LogP contribution in [0.5, 0.6) is 0 Å². The van der Waals surface area contributed by atoms with Crippen molar-refractivity contribution in [3.63, 3.8) is 0 Å². The van der Waals surface area contributed by atoms with Crippen molar-refractivity contribution >= 4 is 12.1 Å². The van der Waals surface area contributed by atoms with Gasteiger partial charge in [-0.3, -0.25) is 9.69 Å². The lowest BCUT2D eigenvalue weighted by molar-refractivity contribution is -0.148. The minimum Gasteiger partial charge on any atom is -0.465 e. The zero-order chi connectivity index (χ0) is 16.0. The molecule has 0 saturated carbocycles. The molecule has 1 atom stereocenters. The molecule has 21 heavy (non-hydrogen) atoms. The lowest BCUT2D eigenvalue weighted by Crippen LogP contribution is -2.43. The summed E-state index contributed by atoms with van der Waals surface area (Å²) in [5.41, 5.74) is -0.485. The Morgan fingerprint density at radius 3 is 2.38 bits per heavy atom. The lowest BCUT2D eigenvalue weighted by atomic mass is 10.2. The van der Waals surface area contributed by atoms with Crippen molar-refractivity contribution in [1.82, 2.24) is 9.80 Å². The average Bonchev–Trinajstić information content (AvgIpc) is 2.61. The molecule has 1 rings (SSSR count). The van der Waals surface area contributed by atoms with Gasteiger partial charge in [0, 0.05) is 26.2 Å². The van der Waals surface area contributed by atoms with Crippen LogP contribution < -0.4 is 0 Å². The van der Waals surface area contributed by atoms with Crippen LogP contribution in [0.3, 0.4) is 0 Å². The van der Waals surface area contributed by atoms with Gasteiger partial charge in [-0.2, -0.15) is 0 Å². The molecule has 122 valence electrons. The number of ether oxygens (including phenoxy) is 2. The third kappa shape index (κ3) is 5.91. The fourth-order valence-electron chi connectivity index (χ4n) is 2.25. The summed E-state index contributed by atoms with van der Waals surface area (Å²) in [7, 11) is 0. The predicted octanol–water partition coefficient (Wildman–Crippen LogP) is 1.88. The zero-order valence-electron chi connectivity index (χ0n) is 13.8. The summed E-state index contributed by atoms with van der Waals surface area (Å²) in [5.74, 6) is -0.205. The molecule has 0 spiro atoms. The van der Waals surface area contributed by atoms with E-state index in [0.717, 1.165) is 13.0 Å². The molecule has 1 fully saturated rings. The minimum absolute atomic E-state index is 0.205. The molecule has 1 heterocycles. The maximum absolute atomic E-state index is 12.1. The van der Waals surface area contributed by atoms with Crippen LogP contribution in [0.15, 0.2) is 0 Å². The number of amides is 1. The smallest absolute Gasteiger partial charge is 0.410 e. The van der Waals surface area contributed by atoms with E-state index in [1.54, 1.807) is 11.8 Å². The Bertz CT molecular complexity index is 365. The number of nitrogens with zero attached hydrogens (tertiary/aromatic N) is 2. The van der Waals surface area contributed by atoms with Gasteiger partial charge in [-0.1, -0.05) is 0 Å². The molecule has 0 bridgehead atoms. The fraction of sp³-hybridized carbons (Fsp3) is 0.867. The van der Waals surface area contributed by atoms with E-state index in [9.17, 15) is 9.59 Å². The second-order valence-electron chi connectivity index (χ2n) is 6.28. The van der Waals surface area contributed by atoms with Gasteiger partial charge in [0.2, 0.25) is 0 Å². The van der Waals surface area contributed by atoms with Gasteiger partial charge >= 0.3 is 12.1 Å². The molecule has 0 N–H and O–H groups in total. The highest BCUT2D eigenvalue weighted by molar-refractivity contribution is 5.75. The van der Waals surface area contributed by atoms with E-state index in [-0.39, 0.29) is 18.1 Å². The van der Waals surface area contributed by atoms with Gasteiger partial charge in [0.1, 0.15) is 11.6 Å². The van der Waals surface area contributed by atoms with Crippen LogP contribution in [-0.4, -0.2) is 66.3 Å². The SMILES string of the molecule is CCOC(=O)[C@H](C)N1CCCN(C(=O)OC(C)(C)C)CC1. The van der Waals surface area contributed by atoms with Gasteiger partial charge in [0.25, 0.3) is 0 Å². The van der Waals surface area contributed by atoms with Gasteiger partial charge in [-0.05, 0) is 41.0 Å². The Kier molecular flexibility index (Phi) is 6.45. The zero-order valence-corrected chi connectivity index (χ0v) is 13.8. The molecule has 0 radical (unpaired) electrons. The first-order valence-corrected chi connectivity index (χ1v) is 7.63. The van der Waals surface area contributed by atoms with E-state index >= 15 is 0 Å². The summed E-state index contributed by atoms with van der Waals surface area (Å²) in [6.07, 6.45) is 0.538. The molecule has 0 aromatic rings. The number of carbonyl (C=O) groups is 2. The number of rotatable bonds is 3. The van der Waals surface area contributed by atoms with Crippen molar-refractivity contribution in [2.75, 3.05) is 32.8 Å². The first-order chi connectivity index (χ1) is 9.74. The van der Waals surface area contributed by atoms with E-state index in [4.69, 9.17) is 9.47 Å². The van der Waals surface area contributed by atoms with E-state index < -0.39 is 5.60 Å². The Morgan fingerprint density at radius 1 is 1.14 bits per heavy atom. The van der Waals surface area contributed by atoms with Gasteiger partial charge in [0.15, 0.2) is 0 Å². The largest absolute Gasteiger partial charge is 0.465 e. The van der Waals surface area contributed by atoms with Gasteiger partial charge in [-0.25, -0.2) is 4.79 Å². The van der Waals surface area contributed by atoms with Crippen LogP contribution >= 0.6 is 0 Å². The van der Waals surface area contributed by atoms with E-state index in [0.29, 0.717) is 26.2 Å². The lowest BCUT2D eigenvalue weighted by Gasteiger charge is -2.27. The van der Waals surface area contributed by atoms with Crippen LogP contribution in [0, 0.1) is 0 Å². The third-order valence-corrected chi connectivity index (χ3v) is 3.36.